The Bertz CT molecular complexity index is 437. The lowest BCUT2D eigenvalue weighted by Crippen LogP contribution is -2.31. The topological polar surface area (TPSA) is 53.3 Å². The van der Waals surface area contributed by atoms with Gasteiger partial charge in [-0.3, -0.25) is 0 Å². The smallest absolute Gasteiger partial charge is 0.339 e. The molecule has 0 heterocycles. The monoisotopic (exact) mass is 232 g/mol. The fourth-order valence-corrected chi connectivity index (χ4v) is 1.68. The lowest BCUT2D eigenvalue weighted by molar-refractivity contribution is 0.0601. The van der Waals surface area contributed by atoms with Crippen LogP contribution < -0.4 is 4.90 Å². The second-order valence-electron chi connectivity index (χ2n) is 3.67. The number of hydrogen-bond donors (Lipinski definition) is 0. The Hall–Kier alpha value is -2.02. The van der Waals surface area contributed by atoms with Crippen molar-refractivity contribution < 1.29 is 9.53 Å². The van der Waals surface area contributed by atoms with Gasteiger partial charge in [-0.1, -0.05) is 19.1 Å². The first-order valence-electron chi connectivity index (χ1n) is 5.45. The number of hydrogen-bond acceptors (Lipinski definition) is 4. The van der Waals surface area contributed by atoms with E-state index in [1.165, 1.54) is 7.11 Å². The van der Waals surface area contributed by atoms with Gasteiger partial charge in [0.25, 0.3) is 0 Å². The molecule has 1 rings (SSSR count). The molecule has 17 heavy (non-hydrogen) atoms. The summed E-state index contributed by atoms with van der Waals surface area (Å²) in [5.41, 5.74) is 1.19. The molecule has 0 aromatic heterocycles. The number of para-hydroxylation sites is 1. The van der Waals surface area contributed by atoms with Crippen LogP contribution in [-0.4, -0.2) is 26.2 Å². The van der Waals surface area contributed by atoms with Crippen molar-refractivity contribution in [3.05, 3.63) is 29.8 Å². The lowest BCUT2D eigenvalue weighted by atomic mass is 10.1. The minimum atomic E-state index is -0.389. The standard InChI is InChI=1S/C13H16N2O2/c1-4-10(9-14)15(2)12-8-6-5-7-11(12)13(16)17-3/h5-8,10H,4H2,1-3H3. The van der Waals surface area contributed by atoms with Gasteiger partial charge in [-0.2, -0.15) is 5.26 Å². The molecule has 0 N–H and O–H groups in total. The number of nitrogens with zero attached hydrogens (tertiary/aromatic N) is 2. The molecule has 0 bridgehead atoms. The zero-order valence-electron chi connectivity index (χ0n) is 10.3. The molecule has 0 saturated carbocycles. The van der Waals surface area contributed by atoms with Crippen LogP contribution >= 0.6 is 0 Å². The first kappa shape index (κ1) is 13.0. The zero-order chi connectivity index (χ0) is 12.8. The number of rotatable bonds is 4. The predicted octanol–water partition coefficient (Wildman–Crippen LogP) is 2.21. The molecule has 0 spiro atoms. The highest BCUT2D eigenvalue weighted by atomic mass is 16.5. The number of nitriles is 1. The van der Waals surface area contributed by atoms with E-state index in [0.29, 0.717) is 17.7 Å². The summed E-state index contributed by atoms with van der Waals surface area (Å²) in [4.78, 5) is 13.4. The SMILES string of the molecule is CCC(C#N)N(C)c1ccccc1C(=O)OC. The number of methoxy groups -OCH3 is 1. The Morgan fingerprint density at radius 3 is 2.71 bits per heavy atom. The van der Waals surface area contributed by atoms with E-state index in [0.717, 1.165) is 0 Å². The summed E-state index contributed by atoms with van der Waals surface area (Å²) in [6.07, 6.45) is 0.697. The molecule has 1 aromatic carbocycles. The second-order valence-corrected chi connectivity index (χ2v) is 3.67. The van der Waals surface area contributed by atoms with Crippen molar-refractivity contribution in [1.29, 1.82) is 5.26 Å². The van der Waals surface area contributed by atoms with Crippen molar-refractivity contribution >= 4 is 11.7 Å². The summed E-state index contributed by atoms with van der Waals surface area (Å²) in [7, 11) is 3.15. The van der Waals surface area contributed by atoms with Gasteiger partial charge in [0.05, 0.1) is 24.4 Å². The molecule has 4 heteroatoms. The molecule has 90 valence electrons. The lowest BCUT2D eigenvalue weighted by Gasteiger charge is -2.25. The Kier molecular flexibility index (Phi) is 4.53. The first-order valence-corrected chi connectivity index (χ1v) is 5.45. The van der Waals surface area contributed by atoms with Gasteiger partial charge in [0.1, 0.15) is 6.04 Å². The fraction of sp³-hybridized carbons (Fsp3) is 0.385. The summed E-state index contributed by atoms with van der Waals surface area (Å²) in [5, 5.41) is 9.04. The van der Waals surface area contributed by atoms with Gasteiger partial charge < -0.3 is 9.64 Å². The van der Waals surface area contributed by atoms with Crippen LogP contribution in [0, 0.1) is 11.3 Å². The second kappa shape index (κ2) is 5.90. The van der Waals surface area contributed by atoms with Crippen LogP contribution in [0.3, 0.4) is 0 Å². The minimum absolute atomic E-state index is 0.249. The quantitative estimate of drug-likeness (QED) is 0.747. The highest BCUT2D eigenvalue weighted by Crippen LogP contribution is 2.22. The van der Waals surface area contributed by atoms with Crippen LogP contribution in [0.4, 0.5) is 5.69 Å². The van der Waals surface area contributed by atoms with Gasteiger partial charge in [-0.05, 0) is 18.6 Å². The summed E-state index contributed by atoms with van der Waals surface area (Å²) >= 11 is 0. The number of carbonyl (C=O) groups excluding carboxylic acids is 1. The van der Waals surface area contributed by atoms with Crippen molar-refractivity contribution in [2.24, 2.45) is 0 Å². The third kappa shape index (κ3) is 2.76. The van der Waals surface area contributed by atoms with Gasteiger partial charge in [0.15, 0.2) is 0 Å². The number of ether oxygens (including phenoxy) is 1. The average Bonchev–Trinajstić information content (AvgIpc) is 2.39. The van der Waals surface area contributed by atoms with Crippen molar-refractivity contribution in [3.63, 3.8) is 0 Å². The molecule has 0 radical (unpaired) electrons. The normalized spacial score (nSPS) is 11.4. The third-order valence-corrected chi connectivity index (χ3v) is 2.69. The molecule has 0 saturated heterocycles. The van der Waals surface area contributed by atoms with E-state index >= 15 is 0 Å². The van der Waals surface area contributed by atoms with Gasteiger partial charge in [-0.25, -0.2) is 4.79 Å². The molecule has 1 atom stereocenters. The van der Waals surface area contributed by atoms with Gasteiger partial charge in [-0.15, -0.1) is 0 Å². The van der Waals surface area contributed by atoms with Crippen LogP contribution in [0.2, 0.25) is 0 Å². The van der Waals surface area contributed by atoms with Gasteiger partial charge >= 0.3 is 5.97 Å². The third-order valence-electron chi connectivity index (χ3n) is 2.69. The first-order chi connectivity index (χ1) is 8.15. The van der Waals surface area contributed by atoms with E-state index in [-0.39, 0.29) is 12.0 Å². The Morgan fingerprint density at radius 2 is 2.18 bits per heavy atom. The minimum Gasteiger partial charge on any atom is -0.465 e. The molecular weight excluding hydrogens is 216 g/mol. The predicted molar refractivity (Wildman–Crippen MR) is 65.9 cm³/mol. The van der Waals surface area contributed by atoms with Crippen molar-refractivity contribution in [1.82, 2.24) is 0 Å². The zero-order valence-corrected chi connectivity index (χ0v) is 10.3. The molecule has 1 aromatic rings. The molecule has 0 amide bonds. The summed E-state index contributed by atoms with van der Waals surface area (Å²) < 4.78 is 4.73. The summed E-state index contributed by atoms with van der Waals surface area (Å²) in [6, 6.07) is 9.08. The van der Waals surface area contributed by atoms with Crippen molar-refractivity contribution in [2.45, 2.75) is 19.4 Å². The molecule has 0 aliphatic rings. The van der Waals surface area contributed by atoms with E-state index in [2.05, 4.69) is 6.07 Å². The molecule has 0 fully saturated rings. The highest BCUT2D eigenvalue weighted by molar-refractivity contribution is 5.95. The average molecular weight is 232 g/mol. The van der Waals surface area contributed by atoms with E-state index in [1.54, 1.807) is 24.1 Å². The highest BCUT2D eigenvalue weighted by Gasteiger charge is 2.18. The Labute approximate surface area is 101 Å². The summed E-state index contributed by atoms with van der Waals surface area (Å²) in [5.74, 6) is -0.389. The van der Waals surface area contributed by atoms with Gasteiger partial charge in [0.2, 0.25) is 0 Å². The fourth-order valence-electron chi connectivity index (χ4n) is 1.68. The summed E-state index contributed by atoms with van der Waals surface area (Å²) in [6.45, 7) is 1.94. The van der Waals surface area contributed by atoms with E-state index in [1.807, 2.05) is 19.1 Å². The number of esters is 1. The maximum atomic E-state index is 11.6. The number of benzene rings is 1. The maximum Gasteiger partial charge on any atom is 0.339 e. The molecule has 0 aliphatic heterocycles. The molecule has 0 aliphatic carbocycles. The maximum absolute atomic E-state index is 11.6. The number of carbonyl (C=O) groups is 1. The van der Waals surface area contributed by atoms with E-state index in [9.17, 15) is 4.79 Å². The van der Waals surface area contributed by atoms with E-state index < -0.39 is 0 Å². The van der Waals surface area contributed by atoms with Gasteiger partial charge in [0, 0.05) is 7.05 Å². The van der Waals surface area contributed by atoms with Crippen LogP contribution in [0.15, 0.2) is 24.3 Å². The van der Waals surface area contributed by atoms with E-state index in [4.69, 9.17) is 10.00 Å². The molecule has 1 unspecified atom stereocenters. The Morgan fingerprint density at radius 1 is 1.53 bits per heavy atom. The van der Waals surface area contributed by atoms with Crippen molar-refractivity contribution in [2.75, 3.05) is 19.1 Å². The van der Waals surface area contributed by atoms with Crippen molar-refractivity contribution in [3.8, 4) is 6.07 Å². The Balaban J connectivity index is 3.13. The van der Waals surface area contributed by atoms with Crippen LogP contribution in [0.25, 0.3) is 0 Å². The largest absolute Gasteiger partial charge is 0.465 e. The molecule has 4 nitrogen and oxygen atoms in total. The van der Waals surface area contributed by atoms with Crippen LogP contribution in [0.1, 0.15) is 23.7 Å². The number of anilines is 1. The molecular formula is C13H16N2O2. The van der Waals surface area contributed by atoms with Crippen LogP contribution in [-0.2, 0) is 4.74 Å². The van der Waals surface area contributed by atoms with Crippen LogP contribution in [0.5, 0.6) is 0 Å².